The van der Waals surface area contributed by atoms with E-state index in [9.17, 15) is 9.59 Å². The fraction of sp³-hybridized carbons (Fsp3) is 0.458. The van der Waals surface area contributed by atoms with Gasteiger partial charge in [-0.3, -0.25) is 14.2 Å². The molecule has 1 aliphatic carbocycles. The zero-order chi connectivity index (χ0) is 22.1. The maximum absolute atomic E-state index is 13.5. The number of fused-ring (bicyclic) bond motifs is 4. The van der Waals surface area contributed by atoms with E-state index in [1.807, 2.05) is 23.1 Å². The summed E-state index contributed by atoms with van der Waals surface area (Å²) in [5, 5.41) is 1.39. The van der Waals surface area contributed by atoms with Crippen molar-refractivity contribution in [3.8, 4) is 0 Å². The van der Waals surface area contributed by atoms with E-state index in [0.717, 1.165) is 54.6 Å². The predicted molar refractivity (Wildman–Crippen MR) is 130 cm³/mol. The van der Waals surface area contributed by atoms with Crippen LogP contribution in [0.25, 0.3) is 10.2 Å². The number of hydrogen-bond acceptors (Lipinski definition) is 6. The molecule has 32 heavy (non-hydrogen) atoms. The number of ether oxygens (including phenoxy) is 1. The van der Waals surface area contributed by atoms with Gasteiger partial charge < -0.3 is 9.64 Å². The molecule has 6 nitrogen and oxygen atoms in total. The van der Waals surface area contributed by atoms with Gasteiger partial charge in [-0.25, -0.2) is 4.98 Å². The van der Waals surface area contributed by atoms with E-state index in [-0.39, 0.29) is 17.2 Å². The molecule has 2 aromatic heterocycles. The van der Waals surface area contributed by atoms with Crippen LogP contribution < -0.4 is 10.5 Å². The van der Waals surface area contributed by atoms with E-state index in [2.05, 4.69) is 6.07 Å². The van der Waals surface area contributed by atoms with E-state index >= 15 is 0 Å². The van der Waals surface area contributed by atoms with Crippen molar-refractivity contribution >= 4 is 44.9 Å². The van der Waals surface area contributed by atoms with Gasteiger partial charge in [0.15, 0.2) is 5.16 Å². The first-order valence-corrected chi connectivity index (χ1v) is 13.0. The van der Waals surface area contributed by atoms with Crippen LogP contribution in [0.5, 0.6) is 0 Å². The van der Waals surface area contributed by atoms with Crippen molar-refractivity contribution in [2.24, 2.45) is 0 Å². The minimum absolute atomic E-state index is 0.00437. The molecule has 168 valence electrons. The Kier molecular flexibility index (Phi) is 6.35. The van der Waals surface area contributed by atoms with Gasteiger partial charge in [0.05, 0.1) is 24.3 Å². The molecule has 2 aliphatic rings. The molecule has 0 saturated carbocycles. The highest BCUT2D eigenvalue weighted by molar-refractivity contribution is 7.99. The average molecular weight is 470 g/mol. The van der Waals surface area contributed by atoms with E-state index in [0.29, 0.717) is 18.3 Å². The molecule has 1 amide bonds. The molecule has 0 atom stereocenters. The van der Waals surface area contributed by atoms with E-state index in [4.69, 9.17) is 9.72 Å². The average Bonchev–Trinajstić information content (AvgIpc) is 3.20. The summed E-state index contributed by atoms with van der Waals surface area (Å²) in [6.45, 7) is 1.60. The highest BCUT2D eigenvalue weighted by Crippen LogP contribution is 2.35. The van der Waals surface area contributed by atoms with Crippen molar-refractivity contribution < 1.29 is 9.53 Å². The topological polar surface area (TPSA) is 64.4 Å². The number of anilines is 1. The zero-order valence-electron chi connectivity index (χ0n) is 18.3. The van der Waals surface area contributed by atoms with Gasteiger partial charge in [-0.15, -0.1) is 11.3 Å². The monoisotopic (exact) mass is 469 g/mol. The van der Waals surface area contributed by atoms with E-state index in [1.54, 1.807) is 23.0 Å². The normalized spacial score (nSPS) is 15.6. The van der Waals surface area contributed by atoms with Crippen LogP contribution in [0.15, 0.2) is 34.2 Å². The molecular formula is C24H27N3O3S2. The number of hydrogen-bond donors (Lipinski definition) is 0. The van der Waals surface area contributed by atoms with Gasteiger partial charge in [-0.1, -0.05) is 30.0 Å². The van der Waals surface area contributed by atoms with Gasteiger partial charge >= 0.3 is 0 Å². The molecule has 5 rings (SSSR count). The first-order valence-electron chi connectivity index (χ1n) is 11.2. The van der Waals surface area contributed by atoms with Crippen molar-refractivity contribution in [2.75, 3.05) is 30.9 Å². The zero-order valence-corrected chi connectivity index (χ0v) is 19.9. The molecule has 0 fully saturated rings. The molecule has 0 spiro atoms. The van der Waals surface area contributed by atoms with E-state index in [1.165, 1.54) is 34.2 Å². The summed E-state index contributed by atoms with van der Waals surface area (Å²) in [5.74, 6) is 0.310. The fourth-order valence-corrected chi connectivity index (χ4v) is 6.91. The number of thiophene rings is 1. The minimum atomic E-state index is 0.00437. The van der Waals surface area contributed by atoms with Gasteiger partial charge in [0.2, 0.25) is 5.91 Å². The standard InChI is InChI=1S/C24H27N3O3S2/c1-30-14-13-27-23(29)21-17-9-3-5-11-19(17)32-22(21)25-24(27)31-15-20(28)26-12-6-8-16-7-2-4-10-18(16)26/h2,4,7,10H,3,5-6,8-9,11-15H2,1H3. The van der Waals surface area contributed by atoms with Crippen molar-refractivity contribution in [3.05, 3.63) is 50.6 Å². The Balaban J connectivity index is 1.45. The summed E-state index contributed by atoms with van der Waals surface area (Å²) in [7, 11) is 1.63. The lowest BCUT2D eigenvalue weighted by atomic mass is 9.97. The van der Waals surface area contributed by atoms with Crippen LogP contribution in [0, 0.1) is 0 Å². The minimum Gasteiger partial charge on any atom is -0.383 e. The summed E-state index contributed by atoms with van der Waals surface area (Å²) < 4.78 is 6.96. The largest absolute Gasteiger partial charge is 0.383 e. The second kappa shape index (κ2) is 9.37. The van der Waals surface area contributed by atoms with Crippen LogP contribution >= 0.6 is 23.1 Å². The molecule has 1 aromatic carbocycles. The van der Waals surface area contributed by atoms with Crippen molar-refractivity contribution in [2.45, 2.75) is 50.2 Å². The maximum atomic E-state index is 13.5. The van der Waals surface area contributed by atoms with Crippen LogP contribution in [0.2, 0.25) is 0 Å². The number of carbonyl (C=O) groups excluding carboxylic acids is 1. The Bertz CT molecular complexity index is 1220. The van der Waals surface area contributed by atoms with Crippen LogP contribution in [0.1, 0.15) is 35.3 Å². The fourth-order valence-electron chi connectivity index (χ4n) is 4.71. The van der Waals surface area contributed by atoms with Crippen LogP contribution in [-0.2, 0) is 35.3 Å². The Morgan fingerprint density at radius 2 is 2.03 bits per heavy atom. The second-order valence-electron chi connectivity index (χ2n) is 8.30. The molecule has 0 saturated heterocycles. The van der Waals surface area contributed by atoms with Crippen LogP contribution in [0.3, 0.4) is 0 Å². The highest BCUT2D eigenvalue weighted by atomic mass is 32.2. The Morgan fingerprint density at radius 3 is 2.91 bits per heavy atom. The number of rotatable bonds is 6. The third kappa shape index (κ3) is 4.00. The van der Waals surface area contributed by atoms with Gasteiger partial charge in [0.25, 0.3) is 5.56 Å². The third-order valence-electron chi connectivity index (χ3n) is 6.29. The quantitative estimate of drug-likeness (QED) is 0.403. The van der Waals surface area contributed by atoms with Gasteiger partial charge in [-0.05, 0) is 55.7 Å². The van der Waals surface area contributed by atoms with E-state index < -0.39 is 0 Å². The number of thioether (sulfide) groups is 1. The summed E-state index contributed by atoms with van der Waals surface area (Å²) in [6, 6.07) is 8.12. The molecule has 3 heterocycles. The number of carbonyl (C=O) groups is 1. The van der Waals surface area contributed by atoms with Gasteiger partial charge in [0.1, 0.15) is 4.83 Å². The number of para-hydroxylation sites is 1. The number of nitrogens with zero attached hydrogens (tertiary/aromatic N) is 3. The van der Waals surface area contributed by atoms with Crippen molar-refractivity contribution in [1.82, 2.24) is 9.55 Å². The Hall–Kier alpha value is -2.16. The Labute approximate surface area is 195 Å². The number of aromatic nitrogens is 2. The SMILES string of the molecule is COCCn1c(SCC(=O)N2CCCc3ccccc32)nc2sc3c(c2c1=O)CCCC3. The molecule has 8 heteroatoms. The second-order valence-corrected chi connectivity index (χ2v) is 10.3. The first kappa shape index (κ1) is 21.7. The predicted octanol–water partition coefficient (Wildman–Crippen LogP) is 4.05. The third-order valence-corrected chi connectivity index (χ3v) is 8.44. The van der Waals surface area contributed by atoms with Crippen molar-refractivity contribution in [3.63, 3.8) is 0 Å². The molecular weight excluding hydrogens is 442 g/mol. The van der Waals surface area contributed by atoms with Gasteiger partial charge in [0, 0.05) is 24.2 Å². The molecule has 0 bridgehead atoms. The molecule has 0 radical (unpaired) electrons. The molecule has 0 unspecified atom stereocenters. The van der Waals surface area contributed by atoms with Crippen LogP contribution in [0.4, 0.5) is 5.69 Å². The lowest BCUT2D eigenvalue weighted by Gasteiger charge is -2.29. The molecule has 3 aromatic rings. The number of amides is 1. The highest BCUT2D eigenvalue weighted by Gasteiger charge is 2.25. The first-order chi connectivity index (χ1) is 15.7. The molecule has 0 N–H and O–H groups in total. The summed E-state index contributed by atoms with van der Waals surface area (Å²) >= 11 is 3.01. The lowest BCUT2D eigenvalue weighted by Crippen LogP contribution is -2.37. The Morgan fingerprint density at radius 1 is 1.19 bits per heavy atom. The summed E-state index contributed by atoms with van der Waals surface area (Å²) in [5.41, 5.74) is 3.43. The number of aryl methyl sites for hydroxylation is 3. The van der Waals surface area contributed by atoms with Crippen molar-refractivity contribution in [1.29, 1.82) is 0 Å². The molecule has 1 aliphatic heterocycles. The smallest absolute Gasteiger partial charge is 0.263 e. The number of methoxy groups -OCH3 is 1. The number of benzene rings is 1. The summed E-state index contributed by atoms with van der Waals surface area (Å²) in [4.78, 5) is 35.5. The van der Waals surface area contributed by atoms with Gasteiger partial charge in [-0.2, -0.15) is 0 Å². The summed E-state index contributed by atoms with van der Waals surface area (Å²) in [6.07, 6.45) is 6.25. The maximum Gasteiger partial charge on any atom is 0.263 e. The lowest BCUT2D eigenvalue weighted by molar-refractivity contribution is -0.116. The van der Waals surface area contributed by atoms with Crippen LogP contribution in [-0.4, -0.2) is 41.5 Å².